The van der Waals surface area contributed by atoms with E-state index in [0.717, 1.165) is 11.4 Å². The van der Waals surface area contributed by atoms with Crippen LogP contribution >= 0.6 is 0 Å². The van der Waals surface area contributed by atoms with Crippen LogP contribution in [0.5, 0.6) is 11.5 Å². The average molecular weight is 685 g/mol. The third-order valence-electron chi connectivity index (χ3n) is 6.47. The van der Waals surface area contributed by atoms with Gasteiger partial charge in [-0.1, -0.05) is 48.5 Å². The molecule has 4 amide bonds. The van der Waals surface area contributed by atoms with Crippen LogP contribution in [0, 0.1) is 0 Å². The highest BCUT2D eigenvalue weighted by Crippen LogP contribution is 2.22. The number of carbonyl (C=O) groups is 4. The van der Waals surface area contributed by atoms with Crippen molar-refractivity contribution in [2.24, 2.45) is 0 Å². The molecule has 0 atom stereocenters. The van der Waals surface area contributed by atoms with Gasteiger partial charge in [0.1, 0.15) is 11.5 Å². The van der Waals surface area contributed by atoms with Gasteiger partial charge in [0.05, 0.1) is 12.2 Å². The maximum absolute atomic E-state index is 12.4. The number of amides is 4. The van der Waals surface area contributed by atoms with Crippen LogP contribution in [0.25, 0.3) is 0 Å². The SMILES string of the molecule is CCN(C(=O)Oc1cccc(NC(=O)OC(C)C)c1)c1ccccc1.CCN(C(=O)Oc1cccc(NC(=O)OC(C)C)c1)c1ccccc1. The van der Waals surface area contributed by atoms with Crippen molar-refractivity contribution >= 4 is 47.1 Å². The van der Waals surface area contributed by atoms with Crippen molar-refractivity contribution in [2.75, 3.05) is 33.5 Å². The summed E-state index contributed by atoms with van der Waals surface area (Å²) in [5, 5.41) is 5.19. The summed E-state index contributed by atoms with van der Waals surface area (Å²) < 4.78 is 20.9. The minimum absolute atomic E-state index is 0.218. The van der Waals surface area contributed by atoms with Gasteiger partial charge in [-0.2, -0.15) is 0 Å². The van der Waals surface area contributed by atoms with Gasteiger partial charge >= 0.3 is 24.4 Å². The largest absolute Gasteiger partial charge is 0.447 e. The zero-order valence-electron chi connectivity index (χ0n) is 29.1. The number of nitrogens with one attached hydrogen (secondary N) is 2. The topological polar surface area (TPSA) is 136 Å². The van der Waals surface area contributed by atoms with Gasteiger partial charge in [0.25, 0.3) is 0 Å². The number of nitrogens with zero attached hydrogens (tertiary/aromatic N) is 2. The van der Waals surface area contributed by atoms with Crippen molar-refractivity contribution in [3.8, 4) is 11.5 Å². The number of benzene rings is 4. The summed E-state index contributed by atoms with van der Waals surface area (Å²) in [4.78, 5) is 51.2. The quantitative estimate of drug-likeness (QED) is 0.169. The molecule has 0 saturated heterocycles. The summed E-state index contributed by atoms with van der Waals surface area (Å²) in [6, 6.07) is 31.7. The predicted octanol–water partition coefficient (Wildman–Crippen LogP) is 9.34. The highest BCUT2D eigenvalue weighted by Gasteiger charge is 2.18. The van der Waals surface area contributed by atoms with Gasteiger partial charge in [-0.25, -0.2) is 19.2 Å². The van der Waals surface area contributed by atoms with Gasteiger partial charge in [-0.15, -0.1) is 0 Å². The molecule has 0 spiro atoms. The van der Waals surface area contributed by atoms with E-state index in [4.69, 9.17) is 18.9 Å². The molecule has 4 aromatic rings. The Hall–Kier alpha value is -6.04. The Morgan fingerprint density at radius 3 is 1.22 bits per heavy atom. The van der Waals surface area contributed by atoms with Gasteiger partial charge in [0.15, 0.2) is 0 Å². The lowest BCUT2D eigenvalue weighted by Gasteiger charge is -2.20. The van der Waals surface area contributed by atoms with Crippen molar-refractivity contribution in [3.63, 3.8) is 0 Å². The third-order valence-corrected chi connectivity index (χ3v) is 6.47. The molecular weight excluding hydrogens is 640 g/mol. The van der Waals surface area contributed by atoms with Crippen LogP contribution in [0.4, 0.5) is 41.9 Å². The Balaban J connectivity index is 0.000000270. The minimum atomic E-state index is -0.557. The fourth-order valence-electron chi connectivity index (χ4n) is 4.36. The van der Waals surface area contributed by atoms with E-state index in [1.165, 1.54) is 9.80 Å². The monoisotopic (exact) mass is 684 g/mol. The molecule has 0 unspecified atom stereocenters. The molecule has 2 N–H and O–H groups in total. The van der Waals surface area contributed by atoms with Crippen LogP contribution in [-0.4, -0.2) is 49.7 Å². The Labute approximate surface area is 292 Å². The van der Waals surface area contributed by atoms with E-state index in [-0.39, 0.29) is 12.2 Å². The Kier molecular flexibility index (Phi) is 15.1. The Morgan fingerprint density at radius 1 is 0.540 bits per heavy atom. The Morgan fingerprint density at radius 2 is 0.900 bits per heavy atom. The number of para-hydroxylation sites is 2. The molecule has 0 aliphatic heterocycles. The summed E-state index contributed by atoms with van der Waals surface area (Å²) in [6.07, 6.45) is -2.53. The van der Waals surface area contributed by atoms with Crippen LogP contribution in [0.3, 0.4) is 0 Å². The average Bonchev–Trinajstić information content (AvgIpc) is 3.06. The first-order chi connectivity index (χ1) is 24.0. The fraction of sp³-hybridized carbons (Fsp3) is 0.263. The lowest BCUT2D eigenvalue weighted by Crippen LogP contribution is -2.33. The van der Waals surface area contributed by atoms with E-state index in [1.807, 2.05) is 74.5 Å². The van der Waals surface area contributed by atoms with Gasteiger partial charge in [0, 0.05) is 48.0 Å². The van der Waals surface area contributed by atoms with E-state index in [9.17, 15) is 19.2 Å². The summed E-state index contributed by atoms with van der Waals surface area (Å²) in [5.74, 6) is 0.670. The zero-order valence-corrected chi connectivity index (χ0v) is 29.1. The normalized spacial score (nSPS) is 10.2. The molecule has 0 fully saturated rings. The number of hydrogen-bond acceptors (Lipinski definition) is 8. The number of ether oxygens (including phenoxy) is 4. The van der Waals surface area contributed by atoms with E-state index in [1.54, 1.807) is 76.2 Å². The molecule has 0 saturated carbocycles. The number of carbonyl (C=O) groups excluding carboxylic acids is 4. The van der Waals surface area contributed by atoms with Gasteiger partial charge in [-0.3, -0.25) is 20.4 Å². The second-order valence-electron chi connectivity index (χ2n) is 11.1. The highest BCUT2D eigenvalue weighted by molar-refractivity contribution is 5.90. The standard InChI is InChI=1S/2C19H22N2O4/c2*1-4-21(16-10-6-5-7-11-16)19(23)25-17-12-8-9-15(13-17)20-18(22)24-14(2)3/h2*5-14H,4H2,1-3H3,(H,20,22). The van der Waals surface area contributed by atoms with Gasteiger partial charge < -0.3 is 18.9 Å². The van der Waals surface area contributed by atoms with Crippen molar-refractivity contribution in [1.29, 1.82) is 0 Å². The first-order valence-corrected chi connectivity index (χ1v) is 16.2. The minimum Gasteiger partial charge on any atom is -0.447 e. The first kappa shape index (κ1) is 38.4. The zero-order chi connectivity index (χ0) is 36.5. The molecule has 0 bridgehead atoms. The van der Waals surface area contributed by atoms with Crippen molar-refractivity contribution in [1.82, 2.24) is 0 Å². The van der Waals surface area contributed by atoms with E-state index in [0.29, 0.717) is 36.0 Å². The second kappa shape index (κ2) is 19.7. The van der Waals surface area contributed by atoms with Crippen molar-refractivity contribution < 1.29 is 38.1 Å². The first-order valence-electron chi connectivity index (χ1n) is 16.2. The van der Waals surface area contributed by atoms with E-state index in [2.05, 4.69) is 10.6 Å². The summed E-state index contributed by atoms with van der Waals surface area (Å²) in [7, 11) is 0. The highest BCUT2D eigenvalue weighted by atomic mass is 16.6. The number of anilines is 4. The van der Waals surface area contributed by atoms with Crippen molar-refractivity contribution in [3.05, 3.63) is 109 Å². The van der Waals surface area contributed by atoms with Gasteiger partial charge in [-0.05, 0) is 90.1 Å². The molecule has 0 aliphatic carbocycles. The second-order valence-corrected chi connectivity index (χ2v) is 11.1. The molecule has 12 heteroatoms. The molecule has 4 rings (SSSR count). The molecule has 0 radical (unpaired) electrons. The van der Waals surface area contributed by atoms with Crippen LogP contribution in [0.15, 0.2) is 109 Å². The van der Waals surface area contributed by atoms with E-state index < -0.39 is 24.4 Å². The predicted molar refractivity (Wildman–Crippen MR) is 194 cm³/mol. The molecule has 4 aromatic carbocycles. The Bertz CT molecular complexity index is 1560. The molecule has 0 heterocycles. The third kappa shape index (κ3) is 12.9. The molecule has 12 nitrogen and oxygen atoms in total. The smallest absolute Gasteiger partial charge is 0.419 e. The number of hydrogen-bond donors (Lipinski definition) is 2. The van der Waals surface area contributed by atoms with Gasteiger partial charge in [0.2, 0.25) is 0 Å². The van der Waals surface area contributed by atoms with E-state index >= 15 is 0 Å². The van der Waals surface area contributed by atoms with Crippen LogP contribution in [0.2, 0.25) is 0 Å². The summed E-state index contributed by atoms with van der Waals surface area (Å²) >= 11 is 0. The molecule has 264 valence electrons. The lowest BCUT2D eigenvalue weighted by atomic mass is 10.3. The van der Waals surface area contributed by atoms with Crippen LogP contribution < -0.4 is 29.9 Å². The molecule has 0 aliphatic rings. The summed E-state index contributed by atoms with van der Waals surface area (Å²) in [6.45, 7) is 11.7. The number of rotatable bonds is 10. The fourth-order valence-corrected chi connectivity index (χ4v) is 4.36. The van der Waals surface area contributed by atoms with Crippen LogP contribution in [0.1, 0.15) is 41.5 Å². The lowest BCUT2D eigenvalue weighted by molar-refractivity contribution is 0.129. The molecule has 0 aromatic heterocycles. The summed E-state index contributed by atoms with van der Waals surface area (Å²) in [5.41, 5.74) is 2.48. The molecule has 50 heavy (non-hydrogen) atoms. The molecular formula is C38H44N4O8. The van der Waals surface area contributed by atoms with Crippen LogP contribution in [-0.2, 0) is 9.47 Å². The maximum atomic E-state index is 12.4. The van der Waals surface area contributed by atoms with Crippen molar-refractivity contribution in [2.45, 2.75) is 53.8 Å². The maximum Gasteiger partial charge on any atom is 0.419 e.